The first-order chi connectivity index (χ1) is 11.9. The van der Waals surface area contributed by atoms with Crippen LogP contribution in [0.25, 0.3) is 0 Å². The Hall–Kier alpha value is -1.86. The fourth-order valence-corrected chi connectivity index (χ4v) is 3.86. The second-order valence-corrected chi connectivity index (χ2v) is 8.54. The Morgan fingerprint density at radius 1 is 1.32 bits per heavy atom. The van der Waals surface area contributed by atoms with Gasteiger partial charge in [0.15, 0.2) is 0 Å². The van der Waals surface area contributed by atoms with E-state index in [4.69, 9.17) is 0 Å². The summed E-state index contributed by atoms with van der Waals surface area (Å²) in [5.74, 6) is 0.450. The average molecular weight is 359 g/mol. The quantitative estimate of drug-likeness (QED) is 0.908. The molecule has 2 aromatic rings. The van der Waals surface area contributed by atoms with Crippen molar-refractivity contribution in [2.75, 3.05) is 25.0 Å². The third-order valence-corrected chi connectivity index (χ3v) is 5.63. The van der Waals surface area contributed by atoms with Gasteiger partial charge in [0.2, 0.25) is 11.0 Å². The maximum Gasteiger partial charge on any atom is 0.240 e. The molecule has 3 rings (SSSR count). The highest BCUT2D eigenvalue weighted by atomic mass is 32.1. The molecule has 134 valence electrons. The van der Waals surface area contributed by atoms with Gasteiger partial charge in [0.05, 0.1) is 6.54 Å². The average Bonchev–Trinajstić information content (AvgIpc) is 3.04. The van der Waals surface area contributed by atoms with Crippen LogP contribution in [-0.4, -0.2) is 45.6 Å². The van der Waals surface area contributed by atoms with E-state index >= 15 is 0 Å². The maximum absolute atomic E-state index is 12.4. The van der Waals surface area contributed by atoms with Crippen LogP contribution in [0.3, 0.4) is 0 Å². The van der Waals surface area contributed by atoms with Gasteiger partial charge in [0.1, 0.15) is 5.01 Å². The van der Waals surface area contributed by atoms with Crippen molar-refractivity contribution in [3.63, 3.8) is 0 Å². The molecule has 2 aromatic heterocycles. The summed E-state index contributed by atoms with van der Waals surface area (Å²) in [6, 6.07) is 4.15. The molecule has 1 N–H and O–H groups in total. The monoisotopic (exact) mass is 359 g/mol. The molecule has 0 saturated carbocycles. The van der Waals surface area contributed by atoms with Crippen molar-refractivity contribution in [3.05, 3.63) is 35.1 Å². The predicted octanol–water partition coefficient (Wildman–Crippen LogP) is 3.05. The summed E-state index contributed by atoms with van der Waals surface area (Å²) < 4.78 is 0. The van der Waals surface area contributed by atoms with E-state index in [1.54, 1.807) is 0 Å². The van der Waals surface area contributed by atoms with Gasteiger partial charge in [-0.05, 0) is 43.0 Å². The van der Waals surface area contributed by atoms with Crippen molar-refractivity contribution in [2.24, 2.45) is 0 Å². The number of hydrogen-bond donors (Lipinski definition) is 1. The summed E-state index contributed by atoms with van der Waals surface area (Å²) in [5.41, 5.74) is 1.25. The molecule has 0 radical (unpaired) electrons. The van der Waals surface area contributed by atoms with Crippen LogP contribution in [0.5, 0.6) is 0 Å². The molecule has 1 aliphatic heterocycles. The maximum atomic E-state index is 12.4. The lowest BCUT2D eigenvalue weighted by atomic mass is 9.91. The number of rotatable bonds is 4. The van der Waals surface area contributed by atoms with Crippen molar-refractivity contribution >= 4 is 22.4 Å². The normalized spacial score (nSPS) is 18.9. The summed E-state index contributed by atoms with van der Waals surface area (Å²) in [6.07, 6.45) is 5.94. The van der Waals surface area contributed by atoms with Crippen molar-refractivity contribution in [1.29, 1.82) is 0 Å². The van der Waals surface area contributed by atoms with Gasteiger partial charge < -0.3 is 0 Å². The van der Waals surface area contributed by atoms with Crippen molar-refractivity contribution in [1.82, 2.24) is 20.1 Å². The third kappa shape index (κ3) is 4.83. The van der Waals surface area contributed by atoms with Crippen LogP contribution >= 0.6 is 11.3 Å². The van der Waals surface area contributed by atoms with Crippen molar-refractivity contribution in [3.8, 4) is 0 Å². The van der Waals surface area contributed by atoms with Gasteiger partial charge in [-0.3, -0.25) is 20.0 Å². The molecule has 6 nitrogen and oxygen atoms in total. The first-order valence-electron chi connectivity index (χ1n) is 8.68. The molecule has 1 unspecified atom stereocenters. The van der Waals surface area contributed by atoms with E-state index in [1.807, 2.05) is 12.4 Å². The number of pyridine rings is 1. The summed E-state index contributed by atoms with van der Waals surface area (Å²) in [6.45, 7) is 8.52. The highest BCUT2D eigenvalue weighted by Crippen LogP contribution is 2.28. The van der Waals surface area contributed by atoms with Gasteiger partial charge in [-0.1, -0.05) is 32.1 Å². The Balaban J connectivity index is 1.55. The first-order valence-corrected chi connectivity index (χ1v) is 9.49. The Labute approximate surface area is 152 Å². The fraction of sp³-hybridized carbons (Fsp3) is 0.556. The highest BCUT2D eigenvalue weighted by Gasteiger charge is 2.24. The molecule has 25 heavy (non-hydrogen) atoms. The smallest absolute Gasteiger partial charge is 0.240 e. The summed E-state index contributed by atoms with van der Waals surface area (Å²) in [5, 5.41) is 12.7. The van der Waals surface area contributed by atoms with Crippen molar-refractivity contribution < 1.29 is 4.79 Å². The van der Waals surface area contributed by atoms with Gasteiger partial charge >= 0.3 is 0 Å². The third-order valence-electron chi connectivity index (χ3n) is 4.36. The number of carbonyl (C=O) groups is 1. The molecule has 3 heterocycles. The SMILES string of the molecule is CC(C)(C)c1nnc(NC(=O)CN2CCCC(c3ccncc3)C2)s1. The molecule has 0 spiro atoms. The van der Waals surface area contributed by atoms with E-state index in [2.05, 4.69) is 58.3 Å². The second-order valence-electron chi connectivity index (χ2n) is 7.57. The number of piperidine rings is 1. The predicted molar refractivity (Wildman–Crippen MR) is 99.9 cm³/mol. The zero-order valence-corrected chi connectivity index (χ0v) is 15.8. The standard InChI is InChI=1S/C18H25N5OS/c1-18(2,3)16-21-22-17(25-16)20-15(24)12-23-10-4-5-14(11-23)13-6-8-19-9-7-13/h6-9,14H,4-5,10-12H2,1-3H3,(H,20,22,24). The topological polar surface area (TPSA) is 71.0 Å². The number of likely N-dealkylation sites (tertiary alicyclic amines) is 1. The molecule has 0 aliphatic carbocycles. The molecule has 0 aromatic carbocycles. The van der Waals surface area contributed by atoms with Crippen LogP contribution < -0.4 is 5.32 Å². The largest absolute Gasteiger partial charge is 0.299 e. The molecule has 1 saturated heterocycles. The lowest BCUT2D eigenvalue weighted by molar-refractivity contribution is -0.117. The molecule has 7 heteroatoms. The number of amides is 1. The fourth-order valence-electron chi connectivity index (χ4n) is 3.05. The van der Waals surface area contributed by atoms with E-state index in [1.165, 1.54) is 16.9 Å². The molecule has 1 amide bonds. The Kier molecular flexibility index (Phi) is 5.44. The lowest BCUT2D eigenvalue weighted by Gasteiger charge is -2.32. The molecule has 1 fully saturated rings. The number of anilines is 1. The molecule has 1 aliphatic rings. The Morgan fingerprint density at radius 3 is 2.76 bits per heavy atom. The number of hydrogen-bond acceptors (Lipinski definition) is 6. The number of aromatic nitrogens is 3. The second kappa shape index (κ2) is 7.58. The zero-order chi connectivity index (χ0) is 17.9. The van der Waals surface area contributed by atoms with Crippen molar-refractivity contribution in [2.45, 2.75) is 44.9 Å². The minimum Gasteiger partial charge on any atom is -0.299 e. The van der Waals surface area contributed by atoms with E-state index in [-0.39, 0.29) is 11.3 Å². The number of nitrogens with zero attached hydrogens (tertiary/aromatic N) is 4. The minimum atomic E-state index is -0.0503. The summed E-state index contributed by atoms with van der Waals surface area (Å²) in [7, 11) is 0. The van der Waals surface area contributed by atoms with E-state index in [0.717, 1.165) is 30.9 Å². The molecular formula is C18H25N5OS. The number of carbonyl (C=O) groups excluding carboxylic acids is 1. The highest BCUT2D eigenvalue weighted by molar-refractivity contribution is 7.15. The Morgan fingerprint density at radius 2 is 2.08 bits per heavy atom. The molecule has 1 atom stereocenters. The van der Waals surface area contributed by atoms with E-state index in [0.29, 0.717) is 17.6 Å². The summed E-state index contributed by atoms with van der Waals surface area (Å²) >= 11 is 1.45. The van der Waals surface area contributed by atoms with Gasteiger partial charge in [-0.2, -0.15) is 0 Å². The Bertz CT molecular complexity index is 710. The zero-order valence-electron chi connectivity index (χ0n) is 15.0. The van der Waals surface area contributed by atoms with Gasteiger partial charge in [-0.15, -0.1) is 10.2 Å². The van der Waals surface area contributed by atoms with E-state index < -0.39 is 0 Å². The van der Waals surface area contributed by atoms with Crippen LogP contribution in [0.15, 0.2) is 24.5 Å². The van der Waals surface area contributed by atoms with Crippen LogP contribution in [0, 0.1) is 0 Å². The number of nitrogens with one attached hydrogen (secondary N) is 1. The van der Waals surface area contributed by atoms with E-state index in [9.17, 15) is 4.79 Å². The summed E-state index contributed by atoms with van der Waals surface area (Å²) in [4.78, 5) is 18.7. The van der Waals surface area contributed by atoms with Gasteiger partial charge in [-0.25, -0.2) is 0 Å². The minimum absolute atomic E-state index is 0.0213. The van der Waals surface area contributed by atoms with Crippen LogP contribution in [0.2, 0.25) is 0 Å². The van der Waals surface area contributed by atoms with Gasteiger partial charge in [0.25, 0.3) is 0 Å². The first kappa shape index (κ1) is 17.9. The molecule has 0 bridgehead atoms. The van der Waals surface area contributed by atoms with Crippen LogP contribution in [-0.2, 0) is 10.2 Å². The van der Waals surface area contributed by atoms with Gasteiger partial charge in [0, 0.05) is 24.4 Å². The molecular weight excluding hydrogens is 334 g/mol. The van der Waals surface area contributed by atoms with Crippen LogP contribution in [0.1, 0.15) is 50.1 Å². The lowest BCUT2D eigenvalue weighted by Crippen LogP contribution is -2.39. The van der Waals surface area contributed by atoms with Crippen LogP contribution in [0.4, 0.5) is 5.13 Å².